The van der Waals surface area contributed by atoms with Crippen LogP contribution in [0.1, 0.15) is 70.2 Å². The lowest BCUT2D eigenvalue weighted by molar-refractivity contribution is -0.132. The first kappa shape index (κ1) is 23.8. The lowest BCUT2D eigenvalue weighted by Gasteiger charge is -2.36. The molecule has 2 amide bonds. The Morgan fingerprint density at radius 1 is 1.09 bits per heavy atom. The van der Waals surface area contributed by atoms with E-state index in [1.54, 1.807) is 6.07 Å². The van der Waals surface area contributed by atoms with Gasteiger partial charge in [0.05, 0.1) is 0 Å². The zero-order valence-corrected chi connectivity index (χ0v) is 18.5. The number of halogens is 2. The number of hydrogen-bond acceptors (Lipinski definition) is 4. The van der Waals surface area contributed by atoms with Crippen molar-refractivity contribution < 1.29 is 23.5 Å². The Balaban J connectivity index is 1.59. The number of nitrogens with one attached hydrogen (secondary N) is 3. The van der Waals surface area contributed by atoms with E-state index in [0.29, 0.717) is 17.8 Å². The second kappa shape index (κ2) is 9.77. The topological polar surface area (TPSA) is 107 Å². The summed E-state index contributed by atoms with van der Waals surface area (Å²) in [6.07, 6.45) is 4.21. The van der Waals surface area contributed by atoms with Crippen molar-refractivity contribution >= 4 is 17.6 Å². The average Bonchev–Trinajstić information content (AvgIpc) is 3.22. The summed E-state index contributed by atoms with van der Waals surface area (Å²) in [5, 5.41) is 22.3. The van der Waals surface area contributed by atoms with Crippen molar-refractivity contribution in [2.24, 2.45) is 5.92 Å². The van der Waals surface area contributed by atoms with E-state index in [1.165, 1.54) is 26.2 Å². The first-order valence-electron chi connectivity index (χ1n) is 10.9. The number of rotatable bonds is 7. The molecule has 3 rings (SSSR count). The van der Waals surface area contributed by atoms with Crippen molar-refractivity contribution in [2.75, 3.05) is 5.32 Å². The van der Waals surface area contributed by atoms with Crippen molar-refractivity contribution in [2.45, 2.75) is 70.4 Å². The third-order valence-electron chi connectivity index (χ3n) is 6.35. The highest BCUT2D eigenvalue weighted by Crippen LogP contribution is 2.40. The molecule has 0 bridgehead atoms. The average molecular weight is 449 g/mol. The van der Waals surface area contributed by atoms with Crippen LogP contribution in [0, 0.1) is 17.6 Å². The van der Waals surface area contributed by atoms with E-state index < -0.39 is 35.6 Å². The summed E-state index contributed by atoms with van der Waals surface area (Å²) in [7, 11) is 0. The number of carbonyl (C=O) groups is 2. The van der Waals surface area contributed by atoms with E-state index in [-0.39, 0.29) is 11.0 Å². The van der Waals surface area contributed by atoms with E-state index >= 15 is 0 Å². The predicted molar refractivity (Wildman–Crippen MR) is 116 cm³/mol. The maximum atomic E-state index is 13.3. The number of aliphatic hydroxyl groups is 1. The minimum absolute atomic E-state index is 0.111. The van der Waals surface area contributed by atoms with Crippen LogP contribution in [0.15, 0.2) is 24.3 Å². The summed E-state index contributed by atoms with van der Waals surface area (Å²) in [4.78, 5) is 24.7. The molecule has 1 saturated carbocycles. The Morgan fingerprint density at radius 2 is 1.72 bits per heavy atom. The van der Waals surface area contributed by atoms with Gasteiger partial charge in [-0.2, -0.15) is 5.10 Å². The molecule has 7 nitrogen and oxygen atoms in total. The second-order valence-corrected chi connectivity index (χ2v) is 9.05. The quantitative estimate of drug-likeness (QED) is 0.518. The molecule has 0 aliphatic heterocycles. The summed E-state index contributed by atoms with van der Waals surface area (Å²) in [5.41, 5.74) is 0.579. The van der Waals surface area contributed by atoms with Gasteiger partial charge in [-0.1, -0.05) is 33.1 Å². The van der Waals surface area contributed by atoms with Gasteiger partial charge in [-0.15, -0.1) is 0 Å². The number of nitrogens with zero attached hydrogens (tertiary/aromatic N) is 1. The van der Waals surface area contributed by atoms with Gasteiger partial charge in [-0.3, -0.25) is 14.7 Å². The van der Waals surface area contributed by atoms with Gasteiger partial charge in [0, 0.05) is 23.2 Å². The second-order valence-electron chi connectivity index (χ2n) is 9.05. The van der Waals surface area contributed by atoms with Crippen LogP contribution in [0.2, 0.25) is 0 Å². The van der Waals surface area contributed by atoms with Crippen molar-refractivity contribution in [1.29, 1.82) is 0 Å². The summed E-state index contributed by atoms with van der Waals surface area (Å²) in [6, 6.07) is 3.14. The van der Waals surface area contributed by atoms with Gasteiger partial charge in [0.2, 0.25) is 5.91 Å². The molecule has 1 aromatic heterocycles. The number of hydrogen-bond donors (Lipinski definition) is 4. The van der Waals surface area contributed by atoms with Crippen LogP contribution in [-0.4, -0.2) is 33.2 Å². The standard InChI is InChI=1S/C23H30F2N4O3/c1-13(26-22(32)20(30)14-9-16(24)11-17(25)10-14)21(31)27-19-12-18(28-29-19)23(2,3)15-7-5-4-6-8-15/h9-13,15,20,30H,4-8H2,1-3H3,(H,26,32)(H2,27,28,29,31). The maximum absolute atomic E-state index is 13.3. The molecule has 174 valence electrons. The van der Waals surface area contributed by atoms with Gasteiger partial charge in [0.15, 0.2) is 11.9 Å². The molecular formula is C23H30F2N4O3. The molecule has 1 heterocycles. The van der Waals surface area contributed by atoms with Gasteiger partial charge in [0.25, 0.3) is 5.91 Å². The van der Waals surface area contributed by atoms with Crippen LogP contribution >= 0.6 is 0 Å². The van der Waals surface area contributed by atoms with Crippen LogP contribution < -0.4 is 10.6 Å². The van der Waals surface area contributed by atoms with Gasteiger partial charge < -0.3 is 15.7 Å². The van der Waals surface area contributed by atoms with Crippen LogP contribution in [0.4, 0.5) is 14.6 Å². The normalized spacial score (nSPS) is 16.9. The van der Waals surface area contributed by atoms with Crippen molar-refractivity contribution in [3.05, 3.63) is 47.2 Å². The number of aromatic nitrogens is 2. The molecule has 0 radical (unpaired) electrons. The van der Waals surface area contributed by atoms with Gasteiger partial charge in [0.1, 0.15) is 17.7 Å². The monoisotopic (exact) mass is 448 g/mol. The van der Waals surface area contributed by atoms with E-state index in [2.05, 4.69) is 34.7 Å². The molecular weight excluding hydrogens is 418 g/mol. The zero-order chi connectivity index (χ0) is 23.5. The highest BCUT2D eigenvalue weighted by atomic mass is 19.1. The zero-order valence-electron chi connectivity index (χ0n) is 18.5. The molecule has 0 saturated heterocycles. The molecule has 2 unspecified atom stereocenters. The number of aromatic amines is 1. The van der Waals surface area contributed by atoms with Crippen molar-refractivity contribution in [3.8, 4) is 0 Å². The Labute approximate surface area is 186 Å². The summed E-state index contributed by atoms with van der Waals surface area (Å²) >= 11 is 0. The molecule has 1 aliphatic carbocycles. The first-order valence-corrected chi connectivity index (χ1v) is 10.9. The van der Waals surface area contributed by atoms with Gasteiger partial charge in [-0.25, -0.2) is 8.78 Å². The summed E-state index contributed by atoms with van der Waals surface area (Å²) in [5.74, 6) is -2.44. The highest BCUT2D eigenvalue weighted by Gasteiger charge is 2.34. The first-order chi connectivity index (χ1) is 15.1. The molecule has 1 aromatic carbocycles. The number of amides is 2. The third-order valence-corrected chi connectivity index (χ3v) is 6.35. The van der Waals surface area contributed by atoms with Crippen molar-refractivity contribution in [1.82, 2.24) is 15.5 Å². The van der Waals surface area contributed by atoms with Crippen molar-refractivity contribution in [3.63, 3.8) is 0 Å². The molecule has 9 heteroatoms. The van der Waals surface area contributed by atoms with Gasteiger partial charge in [-0.05, 0) is 43.4 Å². The Hall–Kier alpha value is -2.81. The molecule has 32 heavy (non-hydrogen) atoms. The van der Waals surface area contributed by atoms with Crippen LogP contribution in [0.5, 0.6) is 0 Å². The Morgan fingerprint density at radius 3 is 2.34 bits per heavy atom. The number of H-pyrrole nitrogens is 1. The summed E-state index contributed by atoms with van der Waals surface area (Å²) in [6.45, 7) is 5.77. The van der Waals surface area contributed by atoms with E-state index in [4.69, 9.17) is 0 Å². The fourth-order valence-electron chi connectivity index (χ4n) is 4.24. The Bertz CT molecular complexity index is 950. The molecule has 2 aromatic rings. The number of anilines is 1. The maximum Gasteiger partial charge on any atom is 0.254 e. The molecule has 1 aliphatic rings. The Kier molecular flexibility index (Phi) is 7.28. The molecule has 4 N–H and O–H groups in total. The highest BCUT2D eigenvalue weighted by molar-refractivity contribution is 5.97. The lowest BCUT2D eigenvalue weighted by Crippen LogP contribution is -2.43. The van der Waals surface area contributed by atoms with E-state index in [1.807, 2.05) is 0 Å². The van der Waals surface area contributed by atoms with Crippen LogP contribution in [0.3, 0.4) is 0 Å². The number of aliphatic hydroxyl groups excluding tert-OH is 1. The third kappa shape index (κ3) is 5.51. The van der Waals surface area contributed by atoms with Crippen LogP contribution in [0.25, 0.3) is 0 Å². The number of carbonyl (C=O) groups excluding carboxylic acids is 2. The SMILES string of the molecule is CC(NC(=O)C(O)c1cc(F)cc(F)c1)C(=O)Nc1cc(C(C)(C)C2CCCCC2)[nH]n1. The molecule has 2 atom stereocenters. The fourth-order valence-corrected chi connectivity index (χ4v) is 4.24. The lowest BCUT2D eigenvalue weighted by atomic mass is 9.69. The molecule has 0 spiro atoms. The smallest absolute Gasteiger partial charge is 0.254 e. The van der Waals surface area contributed by atoms with E-state index in [0.717, 1.165) is 30.7 Å². The summed E-state index contributed by atoms with van der Waals surface area (Å²) < 4.78 is 26.7. The van der Waals surface area contributed by atoms with E-state index in [9.17, 15) is 23.5 Å². The fraction of sp³-hybridized carbons (Fsp3) is 0.522. The van der Waals surface area contributed by atoms with Gasteiger partial charge >= 0.3 is 0 Å². The largest absolute Gasteiger partial charge is 0.378 e. The number of benzene rings is 1. The minimum Gasteiger partial charge on any atom is -0.378 e. The molecule has 1 fully saturated rings. The van der Waals surface area contributed by atoms with Crippen LogP contribution in [-0.2, 0) is 15.0 Å². The predicted octanol–water partition coefficient (Wildman–Crippen LogP) is 3.72. The minimum atomic E-state index is -1.82.